The van der Waals surface area contributed by atoms with Crippen LogP contribution >= 0.6 is 0 Å². The fourth-order valence-corrected chi connectivity index (χ4v) is 2.62. The molecule has 0 bridgehead atoms. The van der Waals surface area contributed by atoms with E-state index >= 15 is 0 Å². The van der Waals surface area contributed by atoms with Gasteiger partial charge in [0.2, 0.25) is 5.91 Å². The summed E-state index contributed by atoms with van der Waals surface area (Å²) in [7, 11) is 0. The van der Waals surface area contributed by atoms with E-state index in [2.05, 4.69) is 9.97 Å². The maximum atomic E-state index is 11.8. The van der Waals surface area contributed by atoms with Crippen molar-refractivity contribution in [2.75, 3.05) is 6.54 Å². The van der Waals surface area contributed by atoms with E-state index in [1.807, 2.05) is 26.0 Å². The van der Waals surface area contributed by atoms with Crippen molar-refractivity contribution in [3.8, 4) is 17.5 Å². The molecule has 1 aliphatic heterocycles. The Hall–Kier alpha value is -2.68. The standard InChI is InChI=1S/C16H16N4O2/c1-10-8-18-11(2)19-16(10)14-7-12-9-20(15(21)3-5-17)6-4-13(12)22-14/h7-8H,3-4,6,9H2,1-2H3. The predicted molar refractivity (Wildman–Crippen MR) is 78.6 cm³/mol. The molecular weight excluding hydrogens is 280 g/mol. The van der Waals surface area contributed by atoms with Crippen molar-refractivity contribution in [3.05, 3.63) is 35.0 Å². The van der Waals surface area contributed by atoms with E-state index in [1.165, 1.54) is 0 Å². The highest BCUT2D eigenvalue weighted by molar-refractivity contribution is 5.78. The minimum absolute atomic E-state index is 0.0791. The number of hydrogen-bond acceptors (Lipinski definition) is 5. The minimum atomic E-state index is -0.134. The van der Waals surface area contributed by atoms with Gasteiger partial charge in [-0.05, 0) is 25.5 Å². The Morgan fingerprint density at radius 1 is 1.50 bits per heavy atom. The number of aromatic nitrogens is 2. The van der Waals surface area contributed by atoms with Gasteiger partial charge in [-0.15, -0.1) is 0 Å². The van der Waals surface area contributed by atoms with Gasteiger partial charge in [-0.3, -0.25) is 4.79 Å². The molecule has 1 aliphatic rings. The third-order valence-corrected chi connectivity index (χ3v) is 3.78. The van der Waals surface area contributed by atoms with Gasteiger partial charge in [0.15, 0.2) is 5.76 Å². The molecule has 0 radical (unpaired) electrons. The molecule has 0 spiro atoms. The van der Waals surface area contributed by atoms with Gasteiger partial charge in [0.1, 0.15) is 23.7 Å². The van der Waals surface area contributed by atoms with Gasteiger partial charge in [-0.2, -0.15) is 5.26 Å². The van der Waals surface area contributed by atoms with Crippen LogP contribution in [-0.2, 0) is 17.8 Å². The fourth-order valence-electron chi connectivity index (χ4n) is 2.62. The highest BCUT2D eigenvalue weighted by atomic mass is 16.3. The van der Waals surface area contributed by atoms with Gasteiger partial charge in [-0.25, -0.2) is 9.97 Å². The van der Waals surface area contributed by atoms with E-state index in [1.54, 1.807) is 11.1 Å². The SMILES string of the molecule is Cc1ncc(C)c(-c2cc3c(o2)CCN(C(=O)CC#N)C3)n1. The van der Waals surface area contributed by atoms with E-state index < -0.39 is 0 Å². The number of hydrogen-bond donors (Lipinski definition) is 0. The molecule has 6 nitrogen and oxygen atoms in total. The van der Waals surface area contributed by atoms with Crippen molar-refractivity contribution in [1.29, 1.82) is 5.26 Å². The van der Waals surface area contributed by atoms with E-state index in [0.717, 1.165) is 22.6 Å². The van der Waals surface area contributed by atoms with Crippen molar-refractivity contribution in [2.24, 2.45) is 0 Å². The van der Waals surface area contributed by atoms with E-state index in [9.17, 15) is 4.79 Å². The maximum Gasteiger partial charge on any atom is 0.237 e. The van der Waals surface area contributed by atoms with Gasteiger partial charge in [0.25, 0.3) is 0 Å². The molecule has 0 saturated carbocycles. The second-order valence-corrected chi connectivity index (χ2v) is 5.41. The van der Waals surface area contributed by atoms with Crippen LogP contribution in [0, 0.1) is 25.2 Å². The zero-order valence-corrected chi connectivity index (χ0v) is 12.6. The van der Waals surface area contributed by atoms with Gasteiger partial charge in [0, 0.05) is 31.3 Å². The second kappa shape index (κ2) is 5.60. The molecular formula is C16H16N4O2. The molecule has 22 heavy (non-hydrogen) atoms. The Labute approximate surface area is 128 Å². The smallest absolute Gasteiger partial charge is 0.237 e. The molecule has 0 N–H and O–H groups in total. The molecule has 2 aromatic heterocycles. The topological polar surface area (TPSA) is 83.0 Å². The summed E-state index contributed by atoms with van der Waals surface area (Å²) in [6.45, 7) is 4.86. The molecule has 0 aromatic carbocycles. The summed E-state index contributed by atoms with van der Waals surface area (Å²) in [4.78, 5) is 22.1. The summed E-state index contributed by atoms with van der Waals surface area (Å²) in [6, 6.07) is 3.84. The number of fused-ring (bicyclic) bond motifs is 1. The number of carbonyl (C=O) groups excluding carboxylic acids is 1. The van der Waals surface area contributed by atoms with Crippen LogP contribution in [0.3, 0.4) is 0 Å². The van der Waals surface area contributed by atoms with Crippen LogP contribution in [0.5, 0.6) is 0 Å². The highest BCUT2D eigenvalue weighted by Crippen LogP contribution is 2.30. The molecule has 0 aliphatic carbocycles. The molecule has 3 heterocycles. The predicted octanol–water partition coefficient (Wildman–Crippen LogP) is 2.15. The minimum Gasteiger partial charge on any atom is -0.459 e. The number of rotatable bonds is 2. The zero-order chi connectivity index (χ0) is 15.7. The molecule has 3 rings (SSSR count). The van der Waals surface area contributed by atoms with Crippen LogP contribution in [0.25, 0.3) is 11.5 Å². The van der Waals surface area contributed by atoms with Crippen LogP contribution in [0.4, 0.5) is 0 Å². The number of nitrogens with zero attached hydrogens (tertiary/aromatic N) is 4. The van der Waals surface area contributed by atoms with E-state index in [-0.39, 0.29) is 12.3 Å². The third kappa shape index (κ3) is 2.58. The van der Waals surface area contributed by atoms with Crippen molar-refractivity contribution in [3.63, 3.8) is 0 Å². The van der Waals surface area contributed by atoms with Crippen LogP contribution in [0.1, 0.15) is 29.1 Å². The number of aryl methyl sites for hydroxylation is 2. The summed E-state index contributed by atoms with van der Waals surface area (Å²) in [5.41, 5.74) is 2.73. The molecule has 112 valence electrons. The molecule has 0 atom stereocenters. The summed E-state index contributed by atoms with van der Waals surface area (Å²) < 4.78 is 5.92. The third-order valence-electron chi connectivity index (χ3n) is 3.78. The van der Waals surface area contributed by atoms with Gasteiger partial charge >= 0.3 is 0 Å². The monoisotopic (exact) mass is 296 g/mol. The Kier molecular flexibility index (Phi) is 3.63. The first-order valence-corrected chi connectivity index (χ1v) is 7.15. The van der Waals surface area contributed by atoms with Crippen molar-refractivity contribution in [2.45, 2.75) is 33.2 Å². The van der Waals surface area contributed by atoms with Gasteiger partial charge in [-0.1, -0.05) is 0 Å². The lowest BCUT2D eigenvalue weighted by molar-refractivity contribution is -0.131. The molecule has 0 unspecified atom stereocenters. The van der Waals surface area contributed by atoms with Crippen molar-refractivity contribution < 1.29 is 9.21 Å². The largest absolute Gasteiger partial charge is 0.459 e. The first-order valence-electron chi connectivity index (χ1n) is 7.15. The van der Waals surface area contributed by atoms with Gasteiger partial charge in [0.05, 0.1) is 6.07 Å². The summed E-state index contributed by atoms with van der Waals surface area (Å²) >= 11 is 0. The zero-order valence-electron chi connectivity index (χ0n) is 12.6. The van der Waals surface area contributed by atoms with E-state index in [4.69, 9.17) is 9.68 Å². The van der Waals surface area contributed by atoms with Crippen LogP contribution in [0.15, 0.2) is 16.7 Å². The molecule has 1 amide bonds. The number of carbonyl (C=O) groups is 1. The van der Waals surface area contributed by atoms with Crippen molar-refractivity contribution in [1.82, 2.24) is 14.9 Å². The fraction of sp³-hybridized carbons (Fsp3) is 0.375. The van der Waals surface area contributed by atoms with Crippen LogP contribution < -0.4 is 0 Å². The lowest BCUT2D eigenvalue weighted by atomic mass is 10.1. The number of amides is 1. The number of furan rings is 1. The first kappa shape index (κ1) is 14.3. The Morgan fingerprint density at radius 3 is 3.09 bits per heavy atom. The maximum absolute atomic E-state index is 11.8. The van der Waals surface area contributed by atoms with E-state index in [0.29, 0.717) is 31.1 Å². The summed E-state index contributed by atoms with van der Waals surface area (Å²) in [5.74, 6) is 2.17. The molecule has 0 fully saturated rings. The van der Waals surface area contributed by atoms with Crippen LogP contribution in [0.2, 0.25) is 0 Å². The first-order chi connectivity index (χ1) is 10.6. The summed E-state index contributed by atoms with van der Waals surface area (Å²) in [5, 5.41) is 8.64. The average molecular weight is 296 g/mol. The quantitative estimate of drug-likeness (QED) is 0.848. The molecule has 0 saturated heterocycles. The molecule has 2 aromatic rings. The van der Waals surface area contributed by atoms with Crippen LogP contribution in [-0.4, -0.2) is 27.3 Å². The Bertz CT molecular complexity index is 773. The second-order valence-electron chi connectivity index (χ2n) is 5.41. The molecule has 6 heteroatoms. The lowest BCUT2D eigenvalue weighted by Gasteiger charge is -2.25. The summed E-state index contributed by atoms with van der Waals surface area (Å²) in [6.07, 6.45) is 2.36. The average Bonchev–Trinajstić information content (AvgIpc) is 2.92. The van der Waals surface area contributed by atoms with Crippen molar-refractivity contribution >= 4 is 5.91 Å². The number of nitriles is 1. The lowest BCUT2D eigenvalue weighted by Crippen LogP contribution is -2.35. The Balaban J connectivity index is 1.89. The van der Waals surface area contributed by atoms with Gasteiger partial charge < -0.3 is 9.32 Å². The highest BCUT2D eigenvalue weighted by Gasteiger charge is 2.24. The Morgan fingerprint density at radius 2 is 2.32 bits per heavy atom. The normalized spacial score (nSPS) is 13.6.